The molecule has 1 aromatic rings. The quantitative estimate of drug-likeness (QED) is 0.861. The van der Waals surface area contributed by atoms with Gasteiger partial charge in [0.1, 0.15) is 0 Å². The molecule has 1 unspecified atom stereocenters. The van der Waals surface area contributed by atoms with Crippen LogP contribution < -0.4 is 5.32 Å². The van der Waals surface area contributed by atoms with Crippen molar-refractivity contribution in [3.05, 3.63) is 35.4 Å². The van der Waals surface area contributed by atoms with E-state index in [1.165, 1.54) is 5.56 Å². The van der Waals surface area contributed by atoms with Gasteiger partial charge < -0.3 is 10.2 Å². The van der Waals surface area contributed by atoms with Crippen molar-refractivity contribution in [3.63, 3.8) is 0 Å². The van der Waals surface area contributed by atoms with E-state index in [0.29, 0.717) is 5.92 Å². The van der Waals surface area contributed by atoms with E-state index >= 15 is 0 Å². The minimum atomic E-state index is 0.195. The molecule has 1 aliphatic rings. The number of rotatable bonds is 5. The molecule has 0 saturated carbocycles. The van der Waals surface area contributed by atoms with E-state index in [9.17, 15) is 4.79 Å². The molecule has 0 bridgehead atoms. The molecule has 3 heteroatoms. The van der Waals surface area contributed by atoms with Crippen molar-refractivity contribution < 1.29 is 4.79 Å². The van der Waals surface area contributed by atoms with Crippen LogP contribution in [0.3, 0.4) is 0 Å². The minimum Gasteiger partial charge on any atom is -0.338 e. The van der Waals surface area contributed by atoms with Gasteiger partial charge in [-0.3, -0.25) is 4.79 Å². The molecule has 0 radical (unpaired) electrons. The van der Waals surface area contributed by atoms with Crippen LogP contribution in [0.25, 0.3) is 0 Å². The molecule has 1 N–H and O–H groups in total. The Labute approximate surface area is 109 Å². The molecule has 1 aliphatic heterocycles. The van der Waals surface area contributed by atoms with E-state index in [2.05, 4.69) is 25.2 Å². The zero-order valence-electron chi connectivity index (χ0n) is 11.3. The predicted octanol–water partition coefficient (Wildman–Crippen LogP) is 1.93. The van der Waals surface area contributed by atoms with Crippen LogP contribution in [0.5, 0.6) is 0 Å². The van der Waals surface area contributed by atoms with Crippen LogP contribution in [-0.4, -0.2) is 37.0 Å². The fourth-order valence-corrected chi connectivity index (χ4v) is 2.48. The summed E-state index contributed by atoms with van der Waals surface area (Å²) in [6.45, 7) is 7.96. The summed E-state index contributed by atoms with van der Waals surface area (Å²) in [5.74, 6) is 0.694. The summed E-state index contributed by atoms with van der Waals surface area (Å²) in [5.41, 5.74) is 2.08. The molecule has 1 amide bonds. The Balaban J connectivity index is 1.99. The van der Waals surface area contributed by atoms with Gasteiger partial charge in [0.25, 0.3) is 5.91 Å². The van der Waals surface area contributed by atoms with Crippen LogP contribution >= 0.6 is 0 Å². The highest BCUT2D eigenvalue weighted by Gasteiger charge is 2.24. The second-order valence-corrected chi connectivity index (χ2v) is 5.07. The molecule has 98 valence electrons. The Bertz CT molecular complexity index is 417. The van der Waals surface area contributed by atoms with Crippen LogP contribution in [0.2, 0.25) is 0 Å². The largest absolute Gasteiger partial charge is 0.338 e. The van der Waals surface area contributed by atoms with E-state index in [0.717, 1.165) is 38.2 Å². The smallest absolute Gasteiger partial charge is 0.254 e. The van der Waals surface area contributed by atoms with Gasteiger partial charge in [-0.05, 0) is 37.1 Å². The van der Waals surface area contributed by atoms with E-state index in [-0.39, 0.29) is 5.91 Å². The monoisotopic (exact) mass is 246 g/mol. The lowest BCUT2D eigenvalue weighted by atomic mass is 9.98. The van der Waals surface area contributed by atoms with Crippen LogP contribution in [0.15, 0.2) is 24.3 Å². The van der Waals surface area contributed by atoms with Crippen LogP contribution in [0.1, 0.15) is 29.8 Å². The number of hydrogen-bond donors (Lipinski definition) is 1. The molecular formula is C15H22N2O. The highest BCUT2D eigenvalue weighted by Crippen LogP contribution is 2.19. The SMILES string of the molecule is CCNCC(C)CN1CCc2ccccc2C1=O. The van der Waals surface area contributed by atoms with Gasteiger partial charge in [0.05, 0.1) is 0 Å². The molecule has 2 rings (SSSR count). The number of fused-ring (bicyclic) bond motifs is 1. The maximum atomic E-state index is 12.3. The van der Waals surface area contributed by atoms with Crippen molar-refractivity contribution in [3.8, 4) is 0 Å². The van der Waals surface area contributed by atoms with Gasteiger partial charge in [0.15, 0.2) is 0 Å². The van der Waals surface area contributed by atoms with Gasteiger partial charge in [0, 0.05) is 18.7 Å². The molecule has 0 aliphatic carbocycles. The zero-order chi connectivity index (χ0) is 13.0. The van der Waals surface area contributed by atoms with E-state index < -0.39 is 0 Å². The molecule has 0 aromatic heterocycles. The molecule has 0 spiro atoms. The number of nitrogens with one attached hydrogen (secondary N) is 1. The maximum Gasteiger partial charge on any atom is 0.254 e. The van der Waals surface area contributed by atoms with Crippen molar-refractivity contribution in [1.29, 1.82) is 0 Å². The number of nitrogens with zero attached hydrogens (tertiary/aromatic N) is 1. The topological polar surface area (TPSA) is 32.3 Å². The van der Waals surface area contributed by atoms with Gasteiger partial charge >= 0.3 is 0 Å². The average molecular weight is 246 g/mol. The van der Waals surface area contributed by atoms with Crippen molar-refractivity contribution in [2.75, 3.05) is 26.2 Å². The van der Waals surface area contributed by atoms with Gasteiger partial charge in [0.2, 0.25) is 0 Å². The van der Waals surface area contributed by atoms with Crippen molar-refractivity contribution in [2.45, 2.75) is 20.3 Å². The summed E-state index contributed by atoms with van der Waals surface area (Å²) < 4.78 is 0. The average Bonchev–Trinajstić information content (AvgIpc) is 2.40. The first kappa shape index (κ1) is 13.1. The molecule has 0 fully saturated rings. The normalized spacial score (nSPS) is 16.6. The van der Waals surface area contributed by atoms with Gasteiger partial charge in [-0.25, -0.2) is 0 Å². The highest BCUT2D eigenvalue weighted by molar-refractivity contribution is 5.96. The zero-order valence-corrected chi connectivity index (χ0v) is 11.3. The predicted molar refractivity (Wildman–Crippen MR) is 73.8 cm³/mol. The number of benzene rings is 1. The van der Waals surface area contributed by atoms with Gasteiger partial charge in [-0.15, -0.1) is 0 Å². The number of carbonyl (C=O) groups excluding carboxylic acids is 1. The Morgan fingerprint density at radius 3 is 2.94 bits per heavy atom. The first-order chi connectivity index (χ1) is 8.72. The summed E-state index contributed by atoms with van der Waals surface area (Å²) in [4.78, 5) is 14.3. The third kappa shape index (κ3) is 2.91. The molecule has 1 atom stereocenters. The second kappa shape index (κ2) is 6.01. The van der Waals surface area contributed by atoms with Gasteiger partial charge in [-0.2, -0.15) is 0 Å². The van der Waals surface area contributed by atoms with E-state index in [4.69, 9.17) is 0 Å². The molecule has 1 heterocycles. The van der Waals surface area contributed by atoms with Gasteiger partial charge in [-0.1, -0.05) is 32.0 Å². The Kier molecular flexibility index (Phi) is 4.37. The molecule has 0 saturated heterocycles. The molecule has 18 heavy (non-hydrogen) atoms. The highest BCUT2D eigenvalue weighted by atomic mass is 16.2. The van der Waals surface area contributed by atoms with Crippen LogP contribution in [0.4, 0.5) is 0 Å². The summed E-state index contributed by atoms with van der Waals surface area (Å²) in [6, 6.07) is 7.96. The second-order valence-electron chi connectivity index (χ2n) is 5.07. The number of carbonyl (C=O) groups is 1. The molecule has 3 nitrogen and oxygen atoms in total. The minimum absolute atomic E-state index is 0.195. The number of hydrogen-bond acceptors (Lipinski definition) is 2. The first-order valence-corrected chi connectivity index (χ1v) is 6.80. The fraction of sp³-hybridized carbons (Fsp3) is 0.533. The lowest BCUT2D eigenvalue weighted by Gasteiger charge is -2.30. The first-order valence-electron chi connectivity index (χ1n) is 6.80. The summed E-state index contributed by atoms with van der Waals surface area (Å²) >= 11 is 0. The Morgan fingerprint density at radius 2 is 2.17 bits per heavy atom. The van der Waals surface area contributed by atoms with Crippen LogP contribution in [0, 0.1) is 5.92 Å². The third-order valence-electron chi connectivity index (χ3n) is 3.46. The lowest BCUT2D eigenvalue weighted by Crippen LogP contribution is -2.41. The lowest BCUT2D eigenvalue weighted by molar-refractivity contribution is 0.0715. The van der Waals surface area contributed by atoms with Crippen molar-refractivity contribution in [2.24, 2.45) is 5.92 Å². The third-order valence-corrected chi connectivity index (χ3v) is 3.46. The van der Waals surface area contributed by atoms with E-state index in [1.54, 1.807) is 0 Å². The van der Waals surface area contributed by atoms with Crippen LogP contribution in [-0.2, 0) is 6.42 Å². The van der Waals surface area contributed by atoms with E-state index in [1.807, 2.05) is 23.1 Å². The molecular weight excluding hydrogens is 224 g/mol. The fourth-order valence-electron chi connectivity index (χ4n) is 2.48. The Morgan fingerprint density at radius 1 is 1.39 bits per heavy atom. The summed E-state index contributed by atoms with van der Waals surface area (Å²) in [6.07, 6.45) is 0.982. The van der Waals surface area contributed by atoms with Crippen molar-refractivity contribution in [1.82, 2.24) is 10.2 Å². The number of amides is 1. The summed E-state index contributed by atoms with van der Waals surface area (Å²) in [5, 5.41) is 3.33. The Hall–Kier alpha value is -1.35. The maximum absolute atomic E-state index is 12.3. The van der Waals surface area contributed by atoms with Crippen molar-refractivity contribution >= 4 is 5.91 Å². The molecule has 1 aromatic carbocycles. The standard InChI is InChI=1S/C15H22N2O/c1-3-16-10-12(2)11-17-9-8-13-6-4-5-7-14(13)15(17)18/h4-7,12,16H,3,8-11H2,1-2H3. The summed E-state index contributed by atoms with van der Waals surface area (Å²) in [7, 11) is 0.